The zero-order chi connectivity index (χ0) is 24.1. The van der Waals surface area contributed by atoms with Crippen LogP contribution in [-0.4, -0.2) is 50.2 Å². The largest absolute Gasteiger partial charge is 0.550 e. The highest BCUT2D eigenvalue weighted by Crippen LogP contribution is 2.08. The average molecular weight is 448 g/mol. The number of hydrogen-bond donors (Lipinski definition) is 0. The lowest BCUT2D eigenvalue weighted by Gasteiger charge is -2.29. The minimum absolute atomic E-state index is 0.265. The third-order valence-corrected chi connectivity index (χ3v) is 4.65. The molecule has 5 heteroatoms. The first-order valence-electron chi connectivity index (χ1n) is 12.0. The van der Waals surface area contributed by atoms with Crippen LogP contribution in [0.1, 0.15) is 77.6 Å². The topological polar surface area (TPSA) is 66.4 Å². The molecule has 0 aliphatic carbocycles. The quantitative estimate of drug-likeness (QED) is 0.122. The maximum Gasteiger partial charge on any atom is 0.306 e. The van der Waals surface area contributed by atoms with Crippen LogP contribution in [0.15, 0.2) is 48.6 Å². The average Bonchev–Trinajstić information content (AvgIpc) is 2.68. The van der Waals surface area contributed by atoms with E-state index in [1.165, 1.54) is 25.7 Å². The molecule has 0 heterocycles. The molecule has 0 rings (SSSR count). The van der Waals surface area contributed by atoms with E-state index in [1.54, 1.807) is 0 Å². The third-order valence-electron chi connectivity index (χ3n) is 4.65. The van der Waals surface area contributed by atoms with E-state index in [0.717, 1.165) is 25.7 Å². The molecular formula is C27H45NO4. The maximum atomic E-state index is 12.0. The first-order chi connectivity index (χ1) is 15.2. The summed E-state index contributed by atoms with van der Waals surface area (Å²) in [5, 5.41) is 10.9. The number of carboxylic acid groups (broad SMARTS) is 1. The monoisotopic (exact) mass is 447 g/mol. The Labute approximate surface area is 196 Å². The Bertz CT molecular complexity index is 612. The summed E-state index contributed by atoms with van der Waals surface area (Å²) in [5.74, 6) is -1.54. The van der Waals surface area contributed by atoms with Crippen LogP contribution in [0.2, 0.25) is 0 Å². The van der Waals surface area contributed by atoms with Crippen molar-refractivity contribution in [3.05, 3.63) is 48.6 Å². The van der Waals surface area contributed by atoms with Gasteiger partial charge < -0.3 is 19.1 Å². The molecule has 0 amide bonds. The van der Waals surface area contributed by atoms with E-state index in [2.05, 4.69) is 55.5 Å². The highest BCUT2D eigenvalue weighted by atomic mass is 16.5. The number of likely N-dealkylation sites (N-methyl/N-ethyl adjacent to an activating group) is 1. The van der Waals surface area contributed by atoms with Crippen molar-refractivity contribution in [2.75, 3.05) is 27.7 Å². The summed E-state index contributed by atoms with van der Waals surface area (Å²) in [7, 11) is 5.79. The Kier molecular flexibility index (Phi) is 18.2. The van der Waals surface area contributed by atoms with Crippen molar-refractivity contribution in [2.24, 2.45) is 0 Å². The minimum atomic E-state index is -1.20. The van der Waals surface area contributed by atoms with Crippen molar-refractivity contribution in [1.82, 2.24) is 0 Å². The number of carbonyl (C=O) groups is 2. The molecule has 182 valence electrons. The van der Waals surface area contributed by atoms with Crippen molar-refractivity contribution in [3.63, 3.8) is 0 Å². The molecule has 1 atom stereocenters. The second-order valence-corrected chi connectivity index (χ2v) is 9.14. The zero-order valence-corrected chi connectivity index (χ0v) is 20.8. The number of aliphatic carboxylic acids is 1. The van der Waals surface area contributed by atoms with Crippen LogP contribution in [0.25, 0.3) is 0 Å². The summed E-state index contributed by atoms with van der Waals surface area (Å²) in [4.78, 5) is 22.9. The van der Waals surface area contributed by atoms with Crippen molar-refractivity contribution in [3.8, 4) is 0 Å². The van der Waals surface area contributed by atoms with Gasteiger partial charge in [-0.05, 0) is 44.9 Å². The second-order valence-electron chi connectivity index (χ2n) is 9.14. The summed E-state index contributed by atoms with van der Waals surface area (Å²) in [6.45, 7) is 2.67. The Morgan fingerprint density at radius 2 is 1.31 bits per heavy atom. The first kappa shape index (κ1) is 29.9. The Morgan fingerprint density at radius 1 is 0.812 bits per heavy atom. The molecule has 0 aliphatic heterocycles. The lowest BCUT2D eigenvalue weighted by Crippen LogP contribution is -2.45. The molecule has 0 N–H and O–H groups in total. The van der Waals surface area contributed by atoms with Crippen molar-refractivity contribution in [1.29, 1.82) is 0 Å². The van der Waals surface area contributed by atoms with Crippen LogP contribution >= 0.6 is 0 Å². The van der Waals surface area contributed by atoms with Gasteiger partial charge in [-0.3, -0.25) is 4.79 Å². The van der Waals surface area contributed by atoms with E-state index in [4.69, 9.17) is 4.74 Å². The van der Waals surface area contributed by atoms with Crippen LogP contribution < -0.4 is 5.11 Å². The van der Waals surface area contributed by atoms with Crippen molar-refractivity contribution >= 4 is 11.9 Å². The van der Waals surface area contributed by atoms with Gasteiger partial charge in [0.2, 0.25) is 0 Å². The van der Waals surface area contributed by atoms with Gasteiger partial charge in [0.25, 0.3) is 0 Å². The number of hydrogen-bond acceptors (Lipinski definition) is 4. The van der Waals surface area contributed by atoms with Crippen LogP contribution in [0.4, 0.5) is 0 Å². The molecule has 0 unspecified atom stereocenters. The van der Waals surface area contributed by atoms with E-state index in [-0.39, 0.29) is 12.4 Å². The number of carboxylic acids is 1. The Hall–Kier alpha value is -2.14. The van der Waals surface area contributed by atoms with E-state index in [9.17, 15) is 14.7 Å². The smallest absolute Gasteiger partial charge is 0.306 e. The molecule has 0 aromatic rings. The normalized spacial score (nSPS) is 13.6. The molecule has 0 radical (unpaired) electrons. The second kappa shape index (κ2) is 19.5. The lowest BCUT2D eigenvalue weighted by molar-refractivity contribution is -0.873. The molecular weight excluding hydrogens is 402 g/mol. The molecule has 0 aliphatic rings. The number of esters is 1. The van der Waals surface area contributed by atoms with Gasteiger partial charge >= 0.3 is 5.97 Å². The summed E-state index contributed by atoms with van der Waals surface area (Å²) >= 11 is 0. The van der Waals surface area contributed by atoms with Crippen LogP contribution in [0.5, 0.6) is 0 Å². The number of ether oxygens (including phenoxy) is 1. The fourth-order valence-corrected chi connectivity index (χ4v) is 3.11. The van der Waals surface area contributed by atoms with E-state index >= 15 is 0 Å². The molecule has 0 saturated carbocycles. The first-order valence-corrected chi connectivity index (χ1v) is 12.0. The Balaban J connectivity index is 3.86. The number of quaternary nitrogens is 1. The zero-order valence-electron chi connectivity index (χ0n) is 20.8. The molecule has 0 fully saturated rings. The number of rotatable bonds is 19. The van der Waals surface area contributed by atoms with E-state index in [0.29, 0.717) is 23.9 Å². The van der Waals surface area contributed by atoms with Gasteiger partial charge in [-0.2, -0.15) is 0 Å². The molecule has 5 nitrogen and oxygen atoms in total. The number of allylic oxidation sites excluding steroid dienone is 8. The predicted octanol–water partition coefficient (Wildman–Crippen LogP) is 4.89. The Morgan fingerprint density at radius 3 is 1.78 bits per heavy atom. The molecule has 32 heavy (non-hydrogen) atoms. The standard InChI is InChI=1S/C27H45NO4/c1-5-6-7-8-9-10-11-12-13-14-15-16-17-18-19-20-21-22-27(31)32-25(23-26(29)30)24-28(2,3)4/h9-10,12-13,15-16,18-19,25H,5-8,11,14,17,20-24H2,1-4H3/b10-9-,13-12-,16-15-,19-18?/t25-/m1/s1. The van der Waals surface area contributed by atoms with Gasteiger partial charge in [0.1, 0.15) is 6.54 Å². The number of unbranched alkanes of at least 4 members (excludes halogenated alkanes) is 4. The van der Waals surface area contributed by atoms with Gasteiger partial charge in [-0.25, -0.2) is 0 Å². The van der Waals surface area contributed by atoms with Gasteiger partial charge in [0, 0.05) is 18.8 Å². The number of nitrogens with zero attached hydrogens (tertiary/aromatic N) is 1. The molecule has 0 aromatic heterocycles. The molecule has 0 aromatic carbocycles. The number of carbonyl (C=O) groups excluding carboxylic acids is 2. The highest BCUT2D eigenvalue weighted by Gasteiger charge is 2.22. The molecule has 0 bridgehead atoms. The fraction of sp³-hybridized carbons (Fsp3) is 0.630. The van der Waals surface area contributed by atoms with Crippen LogP contribution in [0.3, 0.4) is 0 Å². The highest BCUT2D eigenvalue weighted by molar-refractivity contribution is 5.70. The molecule has 0 spiro atoms. The summed E-state index contributed by atoms with van der Waals surface area (Å²) < 4.78 is 5.87. The van der Waals surface area contributed by atoms with Gasteiger partial charge in [-0.15, -0.1) is 0 Å². The SMILES string of the molecule is CCCCC/C=C\C/C=C\C/C=C\CC=CCCCC(=O)O[C@H](CC(=O)[O-])C[N+](C)(C)C. The fourth-order valence-electron chi connectivity index (χ4n) is 3.11. The summed E-state index contributed by atoms with van der Waals surface area (Å²) in [6, 6.07) is 0. The van der Waals surface area contributed by atoms with Gasteiger partial charge in [-0.1, -0.05) is 68.4 Å². The lowest BCUT2D eigenvalue weighted by atomic mass is 10.2. The van der Waals surface area contributed by atoms with Crippen molar-refractivity contribution in [2.45, 2.75) is 83.7 Å². The summed E-state index contributed by atoms with van der Waals surface area (Å²) in [5.41, 5.74) is 0. The molecule has 0 saturated heterocycles. The minimum Gasteiger partial charge on any atom is -0.550 e. The van der Waals surface area contributed by atoms with E-state index < -0.39 is 12.1 Å². The van der Waals surface area contributed by atoms with Crippen LogP contribution in [-0.2, 0) is 14.3 Å². The van der Waals surface area contributed by atoms with Crippen LogP contribution in [0, 0.1) is 0 Å². The van der Waals surface area contributed by atoms with Crippen molar-refractivity contribution < 1.29 is 23.9 Å². The summed E-state index contributed by atoms with van der Waals surface area (Å²) in [6.07, 6.45) is 26.1. The van der Waals surface area contributed by atoms with E-state index in [1.807, 2.05) is 21.1 Å². The van der Waals surface area contributed by atoms with Gasteiger partial charge in [0.05, 0.1) is 21.1 Å². The predicted molar refractivity (Wildman–Crippen MR) is 131 cm³/mol. The third kappa shape index (κ3) is 22.5. The maximum absolute atomic E-state index is 12.0. The van der Waals surface area contributed by atoms with Gasteiger partial charge in [0.15, 0.2) is 6.10 Å².